The van der Waals surface area contributed by atoms with Gasteiger partial charge in [-0.3, -0.25) is 0 Å². The van der Waals surface area contributed by atoms with E-state index >= 15 is 0 Å². The zero-order valence-electron chi connectivity index (χ0n) is 30.8. The maximum atomic E-state index is 11.2. The van der Waals surface area contributed by atoms with E-state index in [1.54, 1.807) is 30.3 Å². The number of aromatic carboxylic acids is 2. The van der Waals surface area contributed by atoms with Crippen LogP contribution >= 0.6 is 13.5 Å². The van der Waals surface area contributed by atoms with Crippen LogP contribution in [-0.2, 0) is 35.7 Å². The number of nitriles is 1. The largest absolute Gasteiger partial charge is 0.507 e. The molecule has 8 nitrogen and oxygen atoms in total. The molecule has 262 valence electrons. The first-order chi connectivity index (χ1) is 20.7. The Morgan fingerprint density at radius 3 is 1.46 bits per heavy atom. The van der Waals surface area contributed by atoms with Crippen LogP contribution in [0.5, 0.6) is 17.2 Å². The zero-order chi connectivity index (χ0) is 36.4. The molecule has 0 saturated carbocycles. The summed E-state index contributed by atoms with van der Waals surface area (Å²) in [6.45, 7) is 26.4. The number of rotatable bonds is 2. The number of aromatic hydroxyl groups is 3. The van der Waals surface area contributed by atoms with Gasteiger partial charge in [0.15, 0.2) is 0 Å². The fourth-order valence-electron chi connectivity index (χ4n) is 4.05. The molecule has 0 heterocycles. The minimum Gasteiger partial charge on any atom is -0.507 e. The van der Waals surface area contributed by atoms with Gasteiger partial charge in [-0.25, -0.2) is 9.59 Å². The van der Waals surface area contributed by atoms with Crippen LogP contribution in [0.4, 0.5) is 0 Å². The third-order valence-electron chi connectivity index (χ3n) is 6.42. The van der Waals surface area contributed by atoms with Crippen LogP contribution in [0.2, 0.25) is 0 Å². The molecule has 0 aromatic heterocycles. The van der Waals surface area contributed by atoms with Crippen molar-refractivity contribution in [2.45, 2.75) is 106 Å². The molecule has 48 heavy (non-hydrogen) atoms. The molecule has 0 unspecified atom stereocenters. The van der Waals surface area contributed by atoms with Crippen molar-refractivity contribution in [1.82, 2.24) is 0 Å². The van der Waals surface area contributed by atoms with E-state index in [9.17, 15) is 24.9 Å². The summed E-state index contributed by atoms with van der Waals surface area (Å²) in [7, 11) is 0. The molecule has 0 aliphatic heterocycles. The van der Waals surface area contributed by atoms with Gasteiger partial charge in [-0.2, -0.15) is 39.5 Å². The fraction of sp³-hybridized carbons (Fsp3) is 0.421. The third kappa shape index (κ3) is 16.0. The molecule has 0 atom stereocenters. The Bertz CT molecular complexity index is 1540. The number of phenols is 3. The predicted molar refractivity (Wildman–Crippen MR) is 194 cm³/mol. The van der Waals surface area contributed by atoms with E-state index in [4.69, 9.17) is 15.5 Å². The zero-order valence-corrected chi connectivity index (χ0v) is 34.8. The number of aryl methyl sites for hydroxylation is 1. The Labute approximate surface area is 307 Å². The summed E-state index contributed by atoms with van der Waals surface area (Å²) in [5.74, 6) is -1.04. The first kappa shape index (κ1) is 48.9. The van der Waals surface area contributed by atoms with Crippen molar-refractivity contribution in [3.05, 3.63) is 93.4 Å². The second-order valence-corrected chi connectivity index (χ2v) is 14.6. The van der Waals surface area contributed by atoms with Crippen LogP contribution in [0.25, 0.3) is 0 Å². The second kappa shape index (κ2) is 20.1. The van der Waals surface area contributed by atoms with E-state index in [-0.39, 0.29) is 77.6 Å². The standard InChI is InChI=1S/C15H22O3.C12H15NO.C7H6O3.C4H9.H2S.Zn/c1-14(2,3)9-7-10(13(17)18)12(16)11(8-9)15(4,5)6;1-8-5-11(14)9(7-13)6-10(8)12(2,3)4;8-6-4-2-1-3-5(6)7(9)10;1-4(2)3;;/h7-8,16H,1-6H3,(H,17,18);5-6,14H,1-4H3;1-4,8H,(H,9,10);1-3H3;1H2;/q;;;-1;;. The van der Waals surface area contributed by atoms with Crippen molar-refractivity contribution in [1.29, 1.82) is 5.26 Å². The van der Waals surface area contributed by atoms with Gasteiger partial charge >= 0.3 is 11.9 Å². The summed E-state index contributed by atoms with van der Waals surface area (Å²) in [5, 5.41) is 54.8. The molecule has 0 saturated heterocycles. The van der Waals surface area contributed by atoms with E-state index < -0.39 is 11.9 Å². The molecule has 3 aromatic rings. The Hall–Kier alpha value is -3.54. The molecule has 0 bridgehead atoms. The summed E-state index contributed by atoms with van der Waals surface area (Å²) in [4.78, 5) is 21.5. The number of nitrogens with zero attached hydrogens (tertiary/aromatic N) is 1. The number of carboxylic acids is 2. The van der Waals surface area contributed by atoms with Gasteiger partial charge in [0.25, 0.3) is 0 Å². The van der Waals surface area contributed by atoms with Gasteiger partial charge in [-0.1, -0.05) is 80.5 Å². The monoisotopic (exact) mass is 732 g/mol. The molecule has 10 heteroatoms. The van der Waals surface area contributed by atoms with Crippen molar-refractivity contribution in [3.8, 4) is 23.3 Å². The summed E-state index contributed by atoms with van der Waals surface area (Å²) in [6, 6.07) is 14.7. The van der Waals surface area contributed by atoms with Gasteiger partial charge in [0.05, 0.1) is 5.56 Å². The average molecular weight is 734 g/mol. The molecule has 0 aliphatic carbocycles. The van der Waals surface area contributed by atoms with E-state index in [1.165, 1.54) is 18.1 Å². The minimum atomic E-state index is -1.11. The Balaban J connectivity index is -0.000000604. The van der Waals surface area contributed by atoms with Crippen LogP contribution < -0.4 is 0 Å². The van der Waals surface area contributed by atoms with Crippen LogP contribution in [0, 0.1) is 24.2 Å². The summed E-state index contributed by atoms with van der Waals surface area (Å²) >= 11 is 0. The van der Waals surface area contributed by atoms with Gasteiger partial charge in [0.2, 0.25) is 0 Å². The van der Waals surface area contributed by atoms with E-state index in [0.717, 1.165) is 16.7 Å². The van der Waals surface area contributed by atoms with E-state index in [0.29, 0.717) is 11.1 Å². The second-order valence-electron chi connectivity index (χ2n) is 14.6. The number of hydrogen-bond acceptors (Lipinski definition) is 6. The van der Waals surface area contributed by atoms with Crippen LogP contribution in [0.3, 0.4) is 0 Å². The maximum absolute atomic E-state index is 11.2. The number of phenolic OH excluding ortho intramolecular Hbond substituents is 1. The molecule has 0 radical (unpaired) electrons. The van der Waals surface area contributed by atoms with Crippen molar-refractivity contribution in [2.24, 2.45) is 0 Å². The number of carbonyl (C=O) groups is 2. The maximum Gasteiger partial charge on any atom is 0.339 e. The van der Waals surface area contributed by atoms with Crippen LogP contribution in [-0.4, -0.2) is 37.5 Å². The fourth-order valence-corrected chi connectivity index (χ4v) is 4.05. The summed E-state index contributed by atoms with van der Waals surface area (Å²) in [6.07, 6.45) is 0. The first-order valence-corrected chi connectivity index (χ1v) is 14.9. The van der Waals surface area contributed by atoms with Crippen LogP contribution in [0.1, 0.15) is 132 Å². The normalized spacial score (nSPS) is 10.6. The molecule has 0 amide bonds. The third-order valence-corrected chi connectivity index (χ3v) is 6.42. The number of benzene rings is 3. The summed E-state index contributed by atoms with van der Waals surface area (Å²) < 4.78 is 0. The van der Waals surface area contributed by atoms with Gasteiger partial charge in [-0.05, 0) is 70.2 Å². The van der Waals surface area contributed by atoms with Gasteiger partial charge < -0.3 is 31.5 Å². The molecular weight excluding hydrogens is 680 g/mol. The molecule has 5 N–H and O–H groups in total. The van der Waals surface area contributed by atoms with E-state index in [1.807, 2.05) is 60.6 Å². The SMILES string of the molecule is CC(C)(C)c1cc(C(=O)O)c(O)c(C(C)(C)C)c1.C[C-](C)C.Cc1cc(O)c(C#N)cc1C(C)(C)C.O=C(O)c1ccccc1O.S.[Zn]. The average Bonchev–Trinajstić information content (AvgIpc) is 2.87. The van der Waals surface area contributed by atoms with Gasteiger partial charge in [0, 0.05) is 25.0 Å². The smallest absolute Gasteiger partial charge is 0.339 e. The van der Waals surface area contributed by atoms with Crippen molar-refractivity contribution in [3.63, 3.8) is 0 Å². The van der Waals surface area contributed by atoms with Gasteiger partial charge in [0.1, 0.15) is 34.4 Å². The Morgan fingerprint density at radius 2 is 1.12 bits per heavy atom. The van der Waals surface area contributed by atoms with Crippen molar-refractivity contribution < 1.29 is 54.6 Å². The minimum absolute atomic E-state index is 0. The number of hydrogen-bond donors (Lipinski definition) is 5. The van der Waals surface area contributed by atoms with Crippen molar-refractivity contribution in [2.75, 3.05) is 0 Å². The Morgan fingerprint density at radius 1 is 0.688 bits per heavy atom. The number of para-hydroxylation sites is 1. The molecular formula is C38H54NO7SZn-. The topological polar surface area (TPSA) is 159 Å². The molecule has 0 aliphatic rings. The predicted octanol–water partition coefficient (Wildman–Crippen LogP) is 9.38. The Kier molecular flexibility index (Phi) is 20.4. The van der Waals surface area contributed by atoms with Crippen molar-refractivity contribution >= 4 is 25.4 Å². The molecule has 3 rings (SSSR count). The van der Waals surface area contributed by atoms with E-state index in [2.05, 4.69) is 41.5 Å². The van der Waals surface area contributed by atoms with Crippen LogP contribution in [0.15, 0.2) is 48.5 Å². The van der Waals surface area contributed by atoms with Gasteiger partial charge in [-0.15, -0.1) is 0 Å². The first-order valence-electron chi connectivity index (χ1n) is 14.9. The molecule has 0 fully saturated rings. The molecule has 3 aromatic carbocycles. The molecule has 0 spiro atoms. The number of carboxylic acid groups (broad SMARTS) is 2. The quantitative estimate of drug-likeness (QED) is 0.129. The summed E-state index contributed by atoms with van der Waals surface area (Å²) in [5.41, 5.74) is 3.53.